The highest BCUT2D eigenvalue weighted by Gasteiger charge is 2.33. The molecule has 0 saturated heterocycles. The van der Waals surface area contributed by atoms with Gasteiger partial charge >= 0.3 is 0 Å². The largest absolute Gasteiger partial charge is 0.493 e. The molecule has 4 aromatic rings. The van der Waals surface area contributed by atoms with E-state index in [2.05, 4.69) is 5.32 Å². The summed E-state index contributed by atoms with van der Waals surface area (Å²) in [7, 11) is -0.720. The maximum absolute atomic E-state index is 14.1. The molecule has 11 heteroatoms. The number of nitrogens with one attached hydrogen (secondary N) is 1. The minimum atomic E-state index is -3.82. The maximum atomic E-state index is 14.1. The highest BCUT2D eigenvalue weighted by molar-refractivity contribution is 7.88. The minimum absolute atomic E-state index is 0.0245. The van der Waals surface area contributed by atoms with E-state index in [1.807, 2.05) is 18.2 Å². The highest BCUT2D eigenvalue weighted by Crippen LogP contribution is 2.28. The number of carbonyl (C=O) groups is 2. The fraction of sp³-hybridized carbons (Fsp3) is 0.257. The first-order valence-corrected chi connectivity index (χ1v) is 16.5. The molecule has 0 aliphatic rings. The predicted molar refractivity (Wildman–Crippen MR) is 174 cm³/mol. The van der Waals surface area contributed by atoms with Crippen molar-refractivity contribution in [3.05, 3.63) is 131 Å². The molecule has 242 valence electrons. The number of sulfonamides is 1. The van der Waals surface area contributed by atoms with E-state index in [1.165, 1.54) is 29.2 Å². The molecule has 0 aliphatic carbocycles. The van der Waals surface area contributed by atoms with Crippen LogP contribution in [0.2, 0.25) is 0 Å². The molecule has 0 saturated carbocycles. The van der Waals surface area contributed by atoms with Crippen LogP contribution in [0.5, 0.6) is 11.5 Å². The zero-order valence-corrected chi connectivity index (χ0v) is 26.9. The molecular formula is C35H38FN3O6S. The summed E-state index contributed by atoms with van der Waals surface area (Å²) >= 11 is 0. The lowest BCUT2D eigenvalue weighted by molar-refractivity contribution is -0.141. The third-order valence-corrected chi connectivity index (χ3v) is 8.60. The lowest BCUT2D eigenvalue weighted by atomic mass is 10.0. The van der Waals surface area contributed by atoms with E-state index in [9.17, 15) is 22.4 Å². The molecule has 0 heterocycles. The van der Waals surface area contributed by atoms with Gasteiger partial charge in [0.25, 0.3) is 0 Å². The number of halogens is 1. The monoisotopic (exact) mass is 647 g/mol. The van der Waals surface area contributed by atoms with Crippen LogP contribution >= 0.6 is 0 Å². The molecule has 0 aromatic heterocycles. The van der Waals surface area contributed by atoms with Crippen molar-refractivity contribution in [3.8, 4) is 11.5 Å². The second kappa shape index (κ2) is 16.0. The average Bonchev–Trinajstić information content (AvgIpc) is 3.05. The van der Waals surface area contributed by atoms with Gasteiger partial charge in [0, 0.05) is 19.6 Å². The van der Waals surface area contributed by atoms with Crippen molar-refractivity contribution in [2.75, 3.05) is 33.6 Å². The van der Waals surface area contributed by atoms with Gasteiger partial charge < -0.3 is 19.7 Å². The van der Waals surface area contributed by atoms with Gasteiger partial charge in [-0.05, 0) is 52.9 Å². The first-order chi connectivity index (χ1) is 22.1. The van der Waals surface area contributed by atoms with Crippen molar-refractivity contribution in [3.63, 3.8) is 0 Å². The van der Waals surface area contributed by atoms with E-state index in [4.69, 9.17) is 9.47 Å². The van der Waals surface area contributed by atoms with E-state index in [0.717, 1.165) is 16.1 Å². The summed E-state index contributed by atoms with van der Waals surface area (Å²) in [4.78, 5) is 29.5. The van der Waals surface area contributed by atoms with Crippen LogP contribution in [0, 0.1) is 5.82 Å². The number of benzene rings is 4. The third kappa shape index (κ3) is 9.38. The Balaban J connectivity index is 1.64. The van der Waals surface area contributed by atoms with Crippen LogP contribution in [-0.2, 0) is 39.1 Å². The van der Waals surface area contributed by atoms with Gasteiger partial charge in [-0.1, -0.05) is 78.9 Å². The van der Waals surface area contributed by atoms with Crippen molar-refractivity contribution in [1.82, 2.24) is 14.5 Å². The molecule has 4 aromatic carbocycles. The van der Waals surface area contributed by atoms with E-state index >= 15 is 0 Å². The number of hydrogen-bond acceptors (Lipinski definition) is 6. The Labute approximate surface area is 269 Å². The number of carbonyl (C=O) groups excluding carboxylic acids is 2. The minimum Gasteiger partial charge on any atom is -0.493 e. The Morgan fingerprint density at radius 1 is 0.783 bits per heavy atom. The highest BCUT2D eigenvalue weighted by atomic mass is 32.2. The van der Waals surface area contributed by atoms with Gasteiger partial charge in [-0.25, -0.2) is 12.8 Å². The third-order valence-electron chi connectivity index (χ3n) is 7.41. The molecule has 4 rings (SSSR count). The van der Waals surface area contributed by atoms with Crippen molar-refractivity contribution in [2.24, 2.45) is 0 Å². The Hall–Kier alpha value is -4.74. The quantitative estimate of drug-likeness (QED) is 0.200. The van der Waals surface area contributed by atoms with Gasteiger partial charge in [0.15, 0.2) is 11.5 Å². The summed E-state index contributed by atoms with van der Waals surface area (Å²) < 4.78 is 51.2. The molecule has 46 heavy (non-hydrogen) atoms. The molecular weight excluding hydrogens is 609 g/mol. The summed E-state index contributed by atoms with van der Waals surface area (Å²) in [5, 5.41) is 2.95. The summed E-state index contributed by atoms with van der Waals surface area (Å²) in [5.41, 5.74) is 2.72. The van der Waals surface area contributed by atoms with Crippen LogP contribution in [0.3, 0.4) is 0 Å². The molecule has 0 fully saturated rings. The van der Waals surface area contributed by atoms with E-state index < -0.39 is 40.2 Å². The molecule has 0 radical (unpaired) electrons. The predicted octanol–water partition coefficient (Wildman–Crippen LogP) is 4.73. The van der Waals surface area contributed by atoms with Crippen molar-refractivity contribution >= 4 is 21.8 Å². The second-order valence-electron chi connectivity index (χ2n) is 10.7. The summed E-state index contributed by atoms with van der Waals surface area (Å²) in [5.74, 6) is -0.328. The standard InChI is InChI=1S/C35H38FN3O6S/c1-44-31-19-16-26(22-32(31)45-2)20-21-37-35(41)34(29-12-8-5-9-13-29)39(24-28-14-17-30(36)18-15-28)33(40)25-38(46(3,42)43)23-27-10-6-4-7-11-27/h4-19,22,34H,20-21,23-25H2,1-3H3,(H,37,41). The summed E-state index contributed by atoms with van der Waals surface area (Å²) in [6, 6.07) is 27.7. The Morgan fingerprint density at radius 2 is 1.37 bits per heavy atom. The van der Waals surface area contributed by atoms with Gasteiger partial charge in [0.05, 0.1) is 27.0 Å². The lowest BCUT2D eigenvalue weighted by Crippen LogP contribution is -2.48. The van der Waals surface area contributed by atoms with Crippen molar-refractivity contribution in [1.29, 1.82) is 0 Å². The molecule has 1 atom stereocenters. The lowest BCUT2D eigenvalue weighted by Gasteiger charge is -2.33. The van der Waals surface area contributed by atoms with E-state index in [-0.39, 0.29) is 19.6 Å². The van der Waals surface area contributed by atoms with Gasteiger partial charge in [-0.15, -0.1) is 0 Å². The summed E-state index contributed by atoms with van der Waals surface area (Å²) in [6.45, 7) is -0.342. The van der Waals surface area contributed by atoms with Crippen LogP contribution in [-0.4, -0.2) is 63.0 Å². The van der Waals surface area contributed by atoms with Gasteiger partial charge in [-0.2, -0.15) is 4.31 Å². The zero-order chi connectivity index (χ0) is 33.1. The fourth-order valence-electron chi connectivity index (χ4n) is 5.00. The molecule has 0 bridgehead atoms. The number of amides is 2. The zero-order valence-electron chi connectivity index (χ0n) is 26.1. The summed E-state index contributed by atoms with van der Waals surface area (Å²) in [6.07, 6.45) is 1.52. The first kappa shape index (κ1) is 34.1. The smallest absolute Gasteiger partial charge is 0.247 e. The second-order valence-corrected chi connectivity index (χ2v) is 12.7. The maximum Gasteiger partial charge on any atom is 0.247 e. The SMILES string of the molecule is COc1ccc(CCNC(=O)C(c2ccccc2)N(Cc2ccc(F)cc2)C(=O)CN(Cc2ccccc2)S(C)(=O)=O)cc1OC. The topological polar surface area (TPSA) is 105 Å². The fourth-order valence-corrected chi connectivity index (χ4v) is 5.73. The number of rotatable bonds is 15. The van der Waals surface area contributed by atoms with E-state index in [1.54, 1.807) is 74.9 Å². The molecule has 1 N–H and O–H groups in total. The molecule has 0 spiro atoms. The normalized spacial score (nSPS) is 11.9. The van der Waals surface area contributed by atoms with Crippen LogP contribution in [0.25, 0.3) is 0 Å². The van der Waals surface area contributed by atoms with Crippen LogP contribution < -0.4 is 14.8 Å². The van der Waals surface area contributed by atoms with Crippen LogP contribution in [0.4, 0.5) is 4.39 Å². The van der Waals surface area contributed by atoms with Gasteiger partial charge in [-0.3, -0.25) is 9.59 Å². The van der Waals surface area contributed by atoms with Gasteiger partial charge in [0.1, 0.15) is 11.9 Å². The average molecular weight is 648 g/mol. The number of ether oxygens (including phenoxy) is 2. The van der Waals surface area contributed by atoms with Crippen molar-refractivity contribution in [2.45, 2.75) is 25.6 Å². The van der Waals surface area contributed by atoms with Crippen molar-refractivity contribution < 1.29 is 31.9 Å². The number of nitrogens with zero attached hydrogens (tertiary/aromatic N) is 2. The van der Waals surface area contributed by atoms with Gasteiger partial charge in [0.2, 0.25) is 21.8 Å². The number of methoxy groups -OCH3 is 2. The molecule has 1 unspecified atom stereocenters. The van der Waals surface area contributed by atoms with E-state index in [0.29, 0.717) is 34.6 Å². The first-order valence-electron chi connectivity index (χ1n) is 14.7. The Bertz CT molecular complexity index is 1700. The molecule has 2 amide bonds. The number of hydrogen-bond donors (Lipinski definition) is 1. The molecule has 9 nitrogen and oxygen atoms in total. The van der Waals surface area contributed by atoms with Crippen LogP contribution in [0.1, 0.15) is 28.3 Å². The Morgan fingerprint density at radius 3 is 1.98 bits per heavy atom. The molecule has 0 aliphatic heterocycles. The Kier molecular flexibility index (Phi) is 11.9. The van der Waals surface area contributed by atoms with Crippen LogP contribution in [0.15, 0.2) is 103 Å².